The van der Waals surface area contributed by atoms with E-state index in [0.29, 0.717) is 28.8 Å². The molecule has 0 unspecified atom stereocenters. The van der Waals surface area contributed by atoms with Crippen molar-refractivity contribution < 1.29 is 9.59 Å². The number of carbonyl (C=O) groups is 2. The average Bonchev–Trinajstić information content (AvgIpc) is 2.93. The van der Waals surface area contributed by atoms with E-state index < -0.39 is 0 Å². The van der Waals surface area contributed by atoms with Gasteiger partial charge in [-0.3, -0.25) is 9.69 Å². The Morgan fingerprint density at radius 1 is 1.16 bits per heavy atom. The molecule has 0 aliphatic carbocycles. The number of amides is 3. The highest BCUT2D eigenvalue weighted by atomic mass is 35.5. The first-order valence-corrected chi connectivity index (χ1v) is 8.58. The quantitative estimate of drug-likeness (QED) is 0.868. The van der Waals surface area contributed by atoms with E-state index in [2.05, 4.69) is 5.32 Å². The molecule has 2 aromatic carbocycles. The summed E-state index contributed by atoms with van der Waals surface area (Å²) in [5.74, 6) is -0.258. The van der Waals surface area contributed by atoms with Crippen molar-refractivity contribution >= 4 is 46.5 Å². The predicted octanol–water partition coefficient (Wildman–Crippen LogP) is 4.18. The largest absolute Gasteiger partial charge is 0.325 e. The van der Waals surface area contributed by atoms with Gasteiger partial charge in [-0.1, -0.05) is 35.3 Å². The molecule has 3 amide bonds. The smallest absolute Gasteiger partial charge is 0.324 e. The van der Waals surface area contributed by atoms with Crippen molar-refractivity contribution in [3.8, 4) is 0 Å². The summed E-state index contributed by atoms with van der Waals surface area (Å²) in [5.41, 5.74) is 2.17. The topological polar surface area (TPSA) is 52.7 Å². The molecule has 0 aromatic heterocycles. The molecule has 1 aliphatic heterocycles. The van der Waals surface area contributed by atoms with Crippen LogP contribution < -0.4 is 10.2 Å². The van der Waals surface area contributed by atoms with Crippen molar-refractivity contribution in [1.29, 1.82) is 0 Å². The van der Waals surface area contributed by atoms with E-state index in [4.69, 9.17) is 23.2 Å². The van der Waals surface area contributed by atoms with Crippen LogP contribution in [0.25, 0.3) is 0 Å². The number of rotatable bonds is 4. The summed E-state index contributed by atoms with van der Waals surface area (Å²) >= 11 is 12.0. The zero-order valence-corrected chi connectivity index (χ0v) is 15.1. The predicted molar refractivity (Wildman–Crippen MR) is 101 cm³/mol. The molecular formula is C18H17Cl2N3O2. The van der Waals surface area contributed by atoms with Gasteiger partial charge in [-0.05, 0) is 42.8 Å². The van der Waals surface area contributed by atoms with Gasteiger partial charge in [0.1, 0.15) is 6.54 Å². The first-order valence-electron chi connectivity index (χ1n) is 7.82. The molecule has 2 aromatic rings. The molecular weight excluding hydrogens is 361 g/mol. The minimum absolute atomic E-state index is 0.0121. The molecule has 3 rings (SSSR count). The molecule has 1 N–H and O–H groups in total. The molecule has 0 saturated carbocycles. The third-order valence-electron chi connectivity index (χ3n) is 4.09. The van der Waals surface area contributed by atoms with Gasteiger partial charge in [0.15, 0.2) is 0 Å². The van der Waals surface area contributed by atoms with Crippen molar-refractivity contribution in [2.45, 2.75) is 6.92 Å². The van der Waals surface area contributed by atoms with E-state index >= 15 is 0 Å². The maximum atomic E-state index is 12.5. The van der Waals surface area contributed by atoms with Gasteiger partial charge in [0.05, 0.1) is 0 Å². The molecule has 1 aliphatic rings. The van der Waals surface area contributed by atoms with Gasteiger partial charge in [-0.2, -0.15) is 0 Å². The summed E-state index contributed by atoms with van der Waals surface area (Å²) in [4.78, 5) is 27.9. The van der Waals surface area contributed by atoms with Crippen LogP contribution in [0.3, 0.4) is 0 Å². The Balaban J connectivity index is 1.65. The second-order valence-electron chi connectivity index (χ2n) is 5.80. The summed E-state index contributed by atoms with van der Waals surface area (Å²) in [7, 11) is 0. The van der Waals surface area contributed by atoms with Crippen LogP contribution in [-0.4, -0.2) is 36.5 Å². The van der Waals surface area contributed by atoms with Crippen LogP contribution in [0.15, 0.2) is 42.5 Å². The molecule has 1 fully saturated rings. The lowest BCUT2D eigenvalue weighted by molar-refractivity contribution is -0.116. The highest BCUT2D eigenvalue weighted by Gasteiger charge is 2.31. The third kappa shape index (κ3) is 3.89. The first-order chi connectivity index (χ1) is 12.0. The standard InChI is InChI=1S/C18H17Cl2N3O2/c1-12-15(20)6-3-7-16(12)21-17(24)11-22-8-9-23(18(22)25)14-5-2-4-13(19)10-14/h2-7,10H,8-9,11H2,1H3,(H,21,24). The Bertz CT molecular complexity index is 826. The Morgan fingerprint density at radius 2 is 1.92 bits per heavy atom. The van der Waals surface area contributed by atoms with Crippen LogP contribution in [0.5, 0.6) is 0 Å². The monoisotopic (exact) mass is 377 g/mol. The number of anilines is 2. The number of urea groups is 1. The highest BCUT2D eigenvalue weighted by Crippen LogP contribution is 2.25. The van der Waals surface area contributed by atoms with Crippen molar-refractivity contribution in [3.05, 3.63) is 58.1 Å². The average molecular weight is 378 g/mol. The van der Waals surface area contributed by atoms with Crippen molar-refractivity contribution in [1.82, 2.24) is 4.90 Å². The van der Waals surface area contributed by atoms with Crippen molar-refractivity contribution in [3.63, 3.8) is 0 Å². The van der Waals surface area contributed by atoms with Crippen LogP contribution >= 0.6 is 23.2 Å². The van der Waals surface area contributed by atoms with E-state index in [1.54, 1.807) is 41.3 Å². The number of nitrogens with zero attached hydrogens (tertiary/aromatic N) is 2. The van der Waals surface area contributed by atoms with E-state index in [1.807, 2.05) is 13.0 Å². The van der Waals surface area contributed by atoms with Crippen LogP contribution in [0.1, 0.15) is 5.56 Å². The zero-order valence-electron chi connectivity index (χ0n) is 13.6. The molecule has 0 atom stereocenters. The maximum Gasteiger partial charge on any atom is 0.325 e. The molecule has 25 heavy (non-hydrogen) atoms. The number of hydrogen-bond acceptors (Lipinski definition) is 2. The van der Waals surface area contributed by atoms with Crippen LogP contribution in [0.4, 0.5) is 16.2 Å². The normalized spacial score (nSPS) is 14.1. The highest BCUT2D eigenvalue weighted by molar-refractivity contribution is 6.32. The van der Waals surface area contributed by atoms with Gasteiger partial charge < -0.3 is 10.2 Å². The summed E-state index contributed by atoms with van der Waals surface area (Å²) in [6.45, 7) is 2.82. The molecule has 0 spiro atoms. The van der Waals surface area contributed by atoms with Crippen molar-refractivity contribution in [2.24, 2.45) is 0 Å². The second kappa shape index (κ2) is 7.33. The van der Waals surface area contributed by atoms with Gasteiger partial charge >= 0.3 is 6.03 Å². The van der Waals surface area contributed by atoms with Gasteiger partial charge in [0, 0.05) is 34.5 Å². The second-order valence-corrected chi connectivity index (χ2v) is 6.64. The number of halogens is 2. The molecule has 1 saturated heterocycles. The van der Waals surface area contributed by atoms with E-state index in [-0.39, 0.29) is 18.5 Å². The summed E-state index contributed by atoms with van der Waals surface area (Å²) in [6, 6.07) is 12.2. The van der Waals surface area contributed by atoms with E-state index in [1.165, 1.54) is 4.90 Å². The Morgan fingerprint density at radius 3 is 2.68 bits per heavy atom. The number of nitrogens with one attached hydrogen (secondary N) is 1. The fourth-order valence-corrected chi connectivity index (χ4v) is 3.08. The zero-order chi connectivity index (χ0) is 18.0. The molecule has 5 nitrogen and oxygen atoms in total. The van der Waals surface area contributed by atoms with Gasteiger partial charge in [-0.25, -0.2) is 4.79 Å². The van der Waals surface area contributed by atoms with Crippen LogP contribution in [0, 0.1) is 6.92 Å². The Kier molecular flexibility index (Phi) is 5.16. The van der Waals surface area contributed by atoms with Gasteiger partial charge in [0.2, 0.25) is 5.91 Å². The lowest BCUT2D eigenvalue weighted by Crippen LogP contribution is -2.37. The van der Waals surface area contributed by atoms with E-state index in [9.17, 15) is 9.59 Å². The maximum absolute atomic E-state index is 12.5. The Labute approximate surface area is 156 Å². The summed E-state index contributed by atoms with van der Waals surface area (Å²) in [5, 5.41) is 3.96. The lowest BCUT2D eigenvalue weighted by Gasteiger charge is -2.19. The number of carbonyl (C=O) groups excluding carboxylic acids is 2. The number of hydrogen-bond donors (Lipinski definition) is 1. The third-order valence-corrected chi connectivity index (χ3v) is 4.74. The first kappa shape index (κ1) is 17.6. The van der Waals surface area contributed by atoms with Gasteiger partial charge in [-0.15, -0.1) is 0 Å². The Hall–Kier alpha value is -2.24. The van der Waals surface area contributed by atoms with E-state index in [0.717, 1.165) is 11.3 Å². The molecule has 0 radical (unpaired) electrons. The van der Waals surface area contributed by atoms with Crippen LogP contribution in [-0.2, 0) is 4.79 Å². The number of benzene rings is 2. The fourth-order valence-electron chi connectivity index (χ4n) is 2.72. The molecule has 1 heterocycles. The van der Waals surface area contributed by atoms with Crippen molar-refractivity contribution in [2.75, 3.05) is 29.9 Å². The molecule has 0 bridgehead atoms. The summed E-state index contributed by atoms with van der Waals surface area (Å²) in [6.07, 6.45) is 0. The minimum atomic E-state index is -0.258. The minimum Gasteiger partial charge on any atom is -0.324 e. The fraction of sp³-hybridized carbons (Fsp3) is 0.222. The molecule has 130 valence electrons. The van der Waals surface area contributed by atoms with Gasteiger partial charge in [0.25, 0.3) is 0 Å². The SMILES string of the molecule is Cc1c(Cl)cccc1NC(=O)CN1CCN(c2cccc(Cl)c2)C1=O. The van der Waals surface area contributed by atoms with Crippen LogP contribution in [0.2, 0.25) is 10.0 Å². The lowest BCUT2D eigenvalue weighted by atomic mass is 10.2. The molecule has 7 heteroatoms. The summed E-state index contributed by atoms with van der Waals surface area (Å²) < 4.78 is 0.